The van der Waals surface area contributed by atoms with Gasteiger partial charge in [-0.05, 0) is 18.9 Å². The summed E-state index contributed by atoms with van der Waals surface area (Å²) in [4.78, 5) is 26.2. The Morgan fingerprint density at radius 1 is 1.50 bits per heavy atom. The SMILES string of the molecule is CCCc1occc1C(=O)N1C[C@H]2COCC[C@@]2(C(=O)O)C1. The summed E-state index contributed by atoms with van der Waals surface area (Å²) >= 11 is 0. The molecular weight excluding hydrogens is 286 g/mol. The third-order valence-electron chi connectivity index (χ3n) is 4.87. The molecule has 0 bridgehead atoms. The Balaban J connectivity index is 1.83. The van der Waals surface area contributed by atoms with E-state index in [0.29, 0.717) is 43.9 Å². The summed E-state index contributed by atoms with van der Waals surface area (Å²) < 4.78 is 10.8. The first-order valence-corrected chi connectivity index (χ1v) is 7.75. The Morgan fingerprint density at radius 2 is 2.32 bits per heavy atom. The van der Waals surface area contributed by atoms with E-state index in [2.05, 4.69) is 0 Å². The highest BCUT2D eigenvalue weighted by Gasteiger charge is 2.55. The molecule has 1 aromatic heterocycles. The highest BCUT2D eigenvalue weighted by atomic mass is 16.5. The molecule has 22 heavy (non-hydrogen) atoms. The smallest absolute Gasteiger partial charge is 0.311 e. The van der Waals surface area contributed by atoms with Crippen molar-refractivity contribution in [2.45, 2.75) is 26.2 Å². The largest absolute Gasteiger partial charge is 0.481 e. The van der Waals surface area contributed by atoms with Gasteiger partial charge in [0.1, 0.15) is 5.76 Å². The van der Waals surface area contributed by atoms with Gasteiger partial charge in [-0.25, -0.2) is 0 Å². The number of carbonyl (C=O) groups excluding carboxylic acids is 1. The van der Waals surface area contributed by atoms with Gasteiger partial charge in [0.15, 0.2) is 0 Å². The summed E-state index contributed by atoms with van der Waals surface area (Å²) in [7, 11) is 0. The fourth-order valence-corrected chi connectivity index (χ4v) is 3.58. The molecule has 120 valence electrons. The molecule has 2 saturated heterocycles. The predicted molar refractivity (Wildman–Crippen MR) is 77.6 cm³/mol. The highest BCUT2D eigenvalue weighted by Crippen LogP contribution is 2.43. The van der Waals surface area contributed by atoms with Crippen molar-refractivity contribution in [3.8, 4) is 0 Å². The Labute approximate surface area is 129 Å². The number of nitrogens with zero attached hydrogens (tertiary/aromatic N) is 1. The van der Waals surface area contributed by atoms with Crippen LogP contribution < -0.4 is 0 Å². The molecule has 0 aromatic carbocycles. The van der Waals surface area contributed by atoms with Crippen LogP contribution in [0.4, 0.5) is 0 Å². The molecule has 2 fully saturated rings. The second-order valence-electron chi connectivity index (χ2n) is 6.18. The maximum absolute atomic E-state index is 12.7. The van der Waals surface area contributed by atoms with E-state index < -0.39 is 11.4 Å². The van der Waals surface area contributed by atoms with Crippen LogP contribution >= 0.6 is 0 Å². The zero-order chi connectivity index (χ0) is 15.7. The molecule has 2 aliphatic heterocycles. The quantitative estimate of drug-likeness (QED) is 0.917. The van der Waals surface area contributed by atoms with Crippen molar-refractivity contribution in [3.63, 3.8) is 0 Å². The second kappa shape index (κ2) is 5.76. The number of hydrogen-bond acceptors (Lipinski definition) is 4. The van der Waals surface area contributed by atoms with E-state index in [0.717, 1.165) is 6.42 Å². The molecule has 3 heterocycles. The van der Waals surface area contributed by atoms with E-state index >= 15 is 0 Å². The minimum atomic E-state index is -0.859. The highest BCUT2D eigenvalue weighted by molar-refractivity contribution is 5.96. The van der Waals surface area contributed by atoms with Crippen molar-refractivity contribution in [2.24, 2.45) is 11.3 Å². The average Bonchev–Trinajstić information content (AvgIpc) is 3.11. The van der Waals surface area contributed by atoms with Crippen molar-refractivity contribution in [2.75, 3.05) is 26.3 Å². The first-order valence-electron chi connectivity index (χ1n) is 7.75. The van der Waals surface area contributed by atoms with Gasteiger partial charge in [0.05, 0.1) is 23.8 Å². The second-order valence-corrected chi connectivity index (χ2v) is 6.18. The van der Waals surface area contributed by atoms with E-state index in [4.69, 9.17) is 9.15 Å². The van der Waals surface area contributed by atoms with Gasteiger partial charge >= 0.3 is 5.97 Å². The lowest BCUT2D eigenvalue weighted by Gasteiger charge is -2.33. The molecular formula is C16H21NO5. The van der Waals surface area contributed by atoms with Crippen LogP contribution in [0.25, 0.3) is 0 Å². The van der Waals surface area contributed by atoms with E-state index in [9.17, 15) is 14.7 Å². The Bertz CT molecular complexity index is 581. The summed E-state index contributed by atoms with van der Waals surface area (Å²) in [6.07, 6.45) is 3.59. The fourth-order valence-electron chi connectivity index (χ4n) is 3.58. The normalized spacial score (nSPS) is 27.7. The molecule has 6 heteroatoms. The standard InChI is InChI=1S/C16H21NO5/c1-2-3-13-12(4-6-22-13)14(18)17-8-11-9-21-7-5-16(11,10-17)15(19)20/h4,6,11H,2-3,5,7-10H2,1H3,(H,19,20)/t11-,16+/m0/s1. The lowest BCUT2D eigenvalue weighted by atomic mass is 9.74. The number of hydrogen-bond donors (Lipinski definition) is 1. The van der Waals surface area contributed by atoms with Gasteiger partial charge in [-0.2, -0.15) is 0 Å². The summed E-state index contributed by atoms with van der Waals surface area (Å²) in [5.41, 5.74) is -0.301. The number of furan rings is 1. The summed E-state index contributed by atoms with van der Waals surface area (Å²) in [6, 6.07) is 1.68. The molecule has 1 aromatic rings. The maximum atomic E-state index is 12.7. The third kappa shape index (κ3) is 2.31. The minimum absolute atomic E-state index is 0.132. The minimum Gasteiger partial charge on any atom is -0.481 e. The van der Waals surface area contributed by atoms with Gasteiger partial charge in [0.25, 0.3) is 5.91 Å². The number of rotatable bonds is 4. The molecule has 0 saturated carbocycles. The average molecular weight is 307 g/mol. The first kappa shape index (κ1) is 15.1. The van der Waals surface area contributed by atoms with Crippen LogP contribution in [0.5, 0.6) is 0 Å². The molecule has 0 aliphatic carbocycles. The zero-order valence-corrected chi connectivity index (χ0v) is 12.7. The lowest BCUT2D eigenvalue weighted by molar-refractivity contribution is -0.157. The van der Waals surface area contributed by atoms with E-state index in [1.807, 2.05) is 6.92 Å². The van der Waals surface area contributed by atoms with Gasteiger partial charge < -0.3 is 19.2 Å². The van der Waals surface area contributed by atoms with Gasteiger partial charge in [-0.15, -0.1) is 0 Å². The maximum Gasteiger partial charge on any atom is 0.311 e. The molecule has 2 atom stereocenters. The summed E-state index contributed by atoms with van der Waals surface area (Å²) in [6.45, 7) is 3.56. The third-order valence-corrected chi connectivity index (χ3v) is 4.87. The fraction of sp³-hybridized carbons (Fsp3) is 0.625. The Hall–Kier alpha value is -1.82. The molecule has 6 nitrogen and oxygen atoms in total. The van der Waals surface area contributed by atoms with Gasteiger partial charge in [-0.1, -0.05) is 6.92 Å². The number of carbonyl (C=O) groups is 2. The summed E-state index contributed by atoms with van der Waals surface area (Å²) in [5, 5.41) is 9.66. The van der Waals surface area contributed by atoms with Crippen molar-refractivity contribution in [1.82, 2.24) is 4.90 Å². The van der Waals surface area contributed by atoms with Crippen LogP contribution in [0.1, 0.15) is 35.9 Å². The topological polar surface area (TPSA) is 80.0 Å². The van der Waals surface area contributed by atoms with Gasteiger partial charge in [0, 0.05) is 32.0 Å². The van der Waals surface area contributed by atoms with E-state index in [1.54, 1.807) is 11.0 Å². The molecule has 1 N–H and O–H groups in total. The molecule has 1 amide bonds. The van der Waals surface area contributed by atoms with Crippen LogP contribution in [0.2, 0.25) is 0 Å². The van der Waals surface area contributed by atoms with Crippen LogP contribution in [-0.4, -0.2) is 48.2 Å². The van der Waals surface area contributed by atoms with Crippen molar-refractivity contribution >= 4 is 11.9 Å². The van der Waals surface area contributed by atoms with Gasteiger partial charge in [0.2, 0.25) is 0 Å². The molecule has 0 radical (unpaired) electrons. The number of carboxylic acid groups (broad SMARTS) is 1. The number of fused-ring (bicyclic) bond motifs is 1. The molecule has 2 aliphatic rings. The van der Waals surface area contributed by atoms with Crippen LogP contribution in [-0.2, 0) is 16.0 Å². The van der Waals surface area contributed by atoms with Crippen molar-refractivity contribution < 1.29 is 23.8 Å². The Kier molecular flexibility index (Phi) is 3.95. The predicted octanol–water partition coefficient (Wildman–Crippen LogP) is 1.80. The number of ether oxygens (including phenoxy) is 1. The first-order chi connectivity index (χ1) is 10.6. The number of aryl methyl sites for hydroxylation is 1. The lowest BCUT2D eigenvalue weighted by Crippen LogP contribution is -2.45. The number of likely N-dealkylation sites (tertiary alicyclic amines) is 1. The molecule has 0 spiro atoms. The number of aliphatic carboxylic acids is 1. The van der Waals surface area contributed by atoms with Gasteiger partial charge in [-0.3, -0.25) is 9.59 Å². The monoisotopic (exact) mass is 307 g/mol. The van der Waals surface area contributed by atoms with Crippen molar-refractivity contribution in [1.29, 1.82) is 0 Å². The van der Waals surface area contributed by atoms with E-state index in [1.165, 1.54) is 6.26 Å². The number of carboxylic acids is 1. The molecule has 3 rings (SSSR count). The summed E-state index contributed by atoms with van der Waals surface area (Å²) in [5.74, 6) is -0.406. The van der Waals surface area contributed by atoms with Crippen LogP contribution in [0, 0.1) is 11.3 Å². The molecule has 0 unspecified atom stereocenters. The van der Waals surface area contributed by atoms with Crippen LogP contribution in [0.3, 0.4) is 0 Å². The number of amides is 1. The van der Waals surface area contributed by atoms with Crippen LogP contribution in [0.15, 0.2) is 16.7 Å². The van der Waals surface area contributed by atoms with E-state index in [-0.39, 0.29) is 18.4 Å². The zero-order valence-electron chi connectivity index (χ0n) is 12.7. The van der Waals surface area contributed by atoms with Crippen molar-refractivity contribution in [3.05, 3.63) is 23.7 Å². The Morgan fingerprint density at radius 3 is 3.00 bits per heavy atom.